The van der Waals surface area contributed by atoms with Gasteiger partial charge in [0.2, 0.25) is 0 Å². The Kier molecular flexibility index (Phi) is 4.47. The van der Waals surface area contributed by atoms with Gasteiger partial charge in [-0.25, -0.2) is 0 Å². The lowest BCUT2D eigenvalue weighted by atomic mass is 10.1. The minimum absolute atomic E-state index is 0.392. The summed E-state index contributed by atoms with van der Waals surface area (Å²) in [5.41, 5.74) is 1.12. The highest BCUT2D eigenvalue weighted by Crippen LogP contribution is 2.20. The summed E-state index contributed by atoms with van der Waals surface area (Å²) in [7, 11) is 0. The van der Waals surface area contributed by atoms with Gasteiger partial charge in [0.05, 0.1) is 11.4 Å². The lowest BCUT2D eigenvalue weighted by Gasteiger charge is -2.11. The monoisotopic (exact) mass is 335 g/mol. The minimum atomic E-state index is 0.392. The second-order valence-electron chi connectivity index (χ2n) is 5.01. The van der Waals surface area contributed by atoms with E-state index in [9.17, 15) is 0 Å². The van der Waals surface area contributed by atoms with Crippen LogP contribution in [0.25, 0.3) is 5.69 Å². The van der Waals surface area contributed by atoms with Crippen molar-refractivity contribution in [3.63, 3.8) is 0 Å². The summed E-state index contributed by atoms with van der Waals surface area (Å²) in [6.45, 7) is 0.905. The molecular weight excluding hydrogens is 318 g/mol. The number of nitrogens with zero attached hydrogens (tertiary/aromatic N) is 3. The molecule has 5 heteroatoms. The van der Waals surface area contributed by atoms with Gasteiger partial charge in [0.1, 0.15) is 11.6 Å². The number of aryl methyl sites for hydroxylation is 1. The van der Waals surface area contributed by atoms with Gasteiger partial charge in [0.15, 0.2) is 0 Å². The summed E-state index contributed by atoms with van der Waals surface area (Å²) in [6, 6.07) is 10.3. The molecule has 1 aromatic heterocycles. The number of halogens is 1. The Bertz CT molecular complexity index is 550. The molecule has 0 aliphatic carbocycles. The van der Waals surface area contributed by atoms with Crippen LogP contribution in [0.1, 0.15) is 30.9 Å². The standard InChI is InChI=1S/C15H18BrN3O/c16-11-15-18-17-14(9-8-13-7-4-10-20-13)19(15)12-5-2-1-3-6-12/h1-3,5-6,13H,4,7-11H2. The first-order valence-corrected chi connectivity index (χ1v) is 8.17. The minimum Gasteiger partial charge on any atom is -0.378 e. The van der Waals surface area contributed by atoms with Gasteiger partial charge in [0, 0.05) is 18.7 Å². The second-order valence-corrected chi connectivity index (χ2v) is 5.57. The van der Waals surface area contributed by atoms with Crippen molar-refractivity contribution in [2.24, 2.45) is 0 Å². The van der Waals surface area contributed by atoms with Gasteiger partial charge < -0.3 is 4.74 Å². The van der Waals surface area contributed by atoms with Crippen LogP contribution in [-0.4, -0.2) is 27.5 Å². The first-order valence-electron chi connectivity index (χ1n) is 7.04. The van der Waals surface area contributed by atoms with Crippen LogP contribution in [0.4, 0.5) is 0 Å². The predicted octanol–water partition coefficient (Wildman–Crippen LogP) is 3.27. The molecule has 1 aliphatic rings. The van der Waals surface area contributed by atoms with E-state index in [4.69, 9.17) is 4.74 Å². The van der Waals surface area contributed by atoms with E-state index in [1.54, 1.807) is 0 Å². The summed E-state index contributed by atoms with van der Waals surface area (Å²) in [4.78, 5) is 0. The lowest BCUT2D eigenvalue weighted by Crippen LogP contribution is -2.10. The van der Waals surface area contributed by atoms with Gasteiger partial charge in [-0.3, -0.25) is 4.57 Å². The van der Waals surface area contributed by atoms with E-state index in [2.05, 4.69) is 42.8 Å². The summed E-state index contributed by atoms with van der Waals surface area (Å²) < 4.78 is 7.83. The molecule has 1 saturated heterocycles. The number of alkyl halides is 1. The third kappa shape index (κ3) is 2.94. The Hall–Kier alpha value is -1.20. The van der Waals surface area contributed by atoms with Crippen molar-refractivity contribution in [2.45, 2.75) is 37.1 Å². The van der Waals surface area contributed by atoms with E-state index < -0.39 is 0 Å². The number of hydrogen-bond donors (Lipinski definition) is 0. The molecule has 0 spiro atoms. The average Bonchev–Trinajstić information content (AvgIpc) is 3.15. The Labute approximate surface area is 127 Å². The van der Waals surface area contributed by atoms with Crippen LogP contribution >= 0.6 is 15.9 Å². The van der Waals surface area contributed by atoms with Crippen molar-refractivity contribution < 1.29 is 4.74 Å². The molecule has 1 fully saturated rings. The van der Waals surface area contributed by atoms with Crippen molar-refractivity contribution in [2.75, 3.05) is 6.61 Å². The van der Waals surface area contributed by atoms with E-state index in [1.807, 2.05) is 18.2 Å². The molecule has 0 N–H and O–H groups in total. The van der Waals surface area contributed by atoms with E-state index in [0.29, 0.717) is 11.4 Å². The highest BCUT2D eigenvalue weighted by atomic mass is 79.9. The SMILES string of the molecule is BrCc1nnc(CCC2CCCO2)n1-c1ccccc1. The summed E-state index contributed by atoms with van der Waals surface area (Å²) in [5, 5.41) is 9.34. The Morgan fingerprint density at radius 2 is 2.00 bits per heavy atom. The van der Waals surface area contributed by atoms with Gasteiger partial charge in [0.25, 0.3) is 0 Å². The topological polar surface area (TPSA) is 39.9 Å². The van der Waals surface area contributed by atoms with Crippen molar-refractivity contribution in [1.29, 1.82) is 0 Å². The van der Waals surface area contributed by atoms with Crippen LogP contribution in [0, 0.1) is 0 Å². The van der Waals surface area contributed by atoms with Crippen LogP contribution in [0.15, 0.2) is 30.3 Å². The number of ether oxygens (including phenoxy) is 1. The summed E-state index contributed by atoms with van der Waals surface area (Å²) >= 11 is 3.49. The first-order chi connectivity index (χ1) is 9.88. The zero-order chi connectivity index (χ0) is 13.8. The van der Waals surface area contributed by atoms with E-state index in [0.717, 1.165) is 36.8 Å². The lowest BCUT2D eigenvalue weighted by molar-refractivity contribution is 0.104. The molecule has 0 bridgehead atoms. The molecule has 4 nitrogen and oxygen atoms in total. The van der Waals surface area contributed by atoms with Gasteiger partial charge >= 0.3 is 0 Å². The predicted molar refractivity (Wildman–Crippen MR) is 81.3 cm³/mol. The largest absolute Gasteiger partial charge is 0.378 e. The van der Waals surface area contributed by atoms with Crippen LogP contribution in [0.3, 0.4) is 0 Å². The molecule has 1 aromatic carbocycles. The van der Waals surface area contributed by atoms with E-state index >= 15 is 0 Å². The third-order valence-corrected chi connectivity index (χ3v) is 4.15. The number of para-hydroxylation sites is 1. The zero-order valence-corrected chi connectivity index (χ0v) is 12.9. The van der Waals surface area contributed by atoms with Crippen molar-refractivity contribution in [1.82, 2.24) is 14.8 Å². The molecule has 0 saturated carbocycles. The summed E-state index contributed by atoms with van der Waals surface area (Å²) in [5.74, 6) is 1.96. The quantitative estimate of drug-likeness (QED) is 0.787. The molecule has 3 rings (SSSR count). The fraction of sp³-hybridized carbons (Fsp3) is 0.467. The molecule has 1 aliphatic heterocycles. The van der Waals surface area contributed by atoms with Gasteiger partial charge in [-0.15, -0.1) is 10.2 Å². The highest BCUT2D eigenvalue weighted by molar-refractivity contribution is 9.08. The molecular formula is C15H18BrN3O. The van der Waals surface area contributed by atoms with Gasteiger partial charge in [-0.2, -0.15) is 0 Å². The fourth-order valence-corrected chi connectivity index (χ4v) is 3.00. The Balaban J connectivity index is 1.81. The maximum Gasteiger partial charge on any atom is 0.148 e. The summed E-state index contributed by atoms with van der Waals surface area (Å²) in [6.07, 6.45) is 4.67. The molecule has 1 atom stereocenters. The van der Waals surface area contributed by atoms with E-state index in [1.165, 1.54) is 12.8 Å². The zero-order valence-electron chi connectivity index (χ0n) is 11.3. The number of benzene rings is 1. The molecule has 106 valence electrons. The molecule has 0 amide bonds. The molecule has 2 aromatic rings. The first kappa shape index (κ1) is 13.8. The highest BCUT2D eigenvalue weighted by Gasteiger charge is 2.18. The van der Waals surface area contributed by atoms with Gasteiger partial charge in [-0.05, 0) is 31.4 Å². The van der Waals surface area contributed by atoms with Crippen molar-refractivity contribution >= 4 is 15.9 Å². The number of aromatic nitrogens is 3. The Morgan fingerprint density at radius 3 is 2.70 bits per heavy atom. The van der Waals surface area contributed by atoms with Crippen LogP contribution in [-0.2, 0) is 16.5 Å². The molecule has 20 heavy (non-hydrogen) atoms. The molecule has 0 radical (unpaired) electrons. The third-order valence-electron chi connectivity index (χ3n) is 3.64. The van der Waals surface area contributed by atoms with Crippen molar-refractivity contribution in [3.05, 3.63) is 42.0 Å². The second kappa shape index (κ2) is 6.50. The maximum absolute atomic E-state index is 5.69. The van der Waals surface area contributed by atoms with Gasteiger partial charge in [-0.1, -0.05) is 34.1 Å². The van der Waals surface area contributed by atoms with Crippen LogP contribution in [0.2, 0.25) is 0 Å². The molecule has 1 unspecified atom stereocenters. The number of rotatable bonds is 5. The van der Waals surface area contributed by atoms with Crippen molar-refractivity contribution in [3.8, 4) is 5.69 Å². The smallest absolute Gasteiger partial charge is 0.148 e. The Morgan fingerprint density at radius 1 is 1.20 bits per heavy atom. The van der Waals surface area contributed by atoms with Crippen LogP contribution in [0.5, 0.6) is 0 Å². The average molecular weight is 336 g/mol. The normalized spacial score (nSPS) is 18.6. The molecule has 2 heterocycles. The fourth-order valence-electron chi connectivity index (χ4n) is 2.64. The number of hydrogen-bond acceptors (Lipinski definition) is 3. The maximum atomic E-state index is 5.69. The van der Waals surface area contributed by atoms with E-state index in [-0.39, 0.29) is 0 Å². The van der Waals surface area contributed by atoms with Crippen LogP contribution < -0.4 is 0 Å².